The van der Waals surface area contributed by atoms with Crippen molar-refractivity contribution in [2.75, 3.05) is 19.7 Å². The first-order valence-electron chi connectivity index (χ1n) is 7.91. The van der Waals surface area contributed by atoms with Crippen LogP contribution < -0.4 is 10.1 Å². The molecule has 2 rings (SSSR count). The number of aliphatic hydroxyl groups excluding tert-OH is 1. The molecule has 0 radical (unpaired) electrons. The monoisotopic (exact) mass is 295 g/mol. The van der Waals surface area contributed by atoms with Crippen molar-refractivity contribution in [3.63, 3.8) is 0 Å². The number of aliphatic hydroxyl groups is 1. The lowest BCUT2D eigenvalue weighted by atomic mass is 9.83. The van der Waals surface area contributed by atoms with Gasteiger partial charge in [0.2, 0.25) is 0 Å². The van der Waals surface area contributed by atoms with E-state index in [1.165, 1.54) is 44.2 Å². The van der Waals surface area contributed by atoms with Gasteiger partial charge in [-0.05, 0) is 48.9 Å². The van der Waals surface area contributed by atoms with Crippen molar-refractivity contribution >= 4 is 0 Å². The Labute approximate surface area is 126 Å². The molecule has 4 heteroatoms. The highest BCUT2D eigenvalue weighted by Gasteiger charge is 2.31. The molecule has 1 saturated carbocycles. The molecule has 1 fully saturated rings. The van der Waals surface area contributed by atoms with Gasteiger partial charge in [-0.1, -0.05) is 19.8 Å². The van der Waals surface area contributed by atoms with Crippen molar-refractivity contribution in [1.29, 1.82) is 0 Å². The summed E-state index contributed by atoms with van der Waals surface area (Å²) in [4.78, 5) is 0. The van der Waals surface area contributed by atoms with Crippen LogP contribution in [0.5, 0.6) is 5.75 Å². The second-order valence-electron chi connectivity index (χ2n) is 6.11. The molecule has 1 unspecified atom stereocenters. The van der Waals surface area contributed by atoms with Gasteiger partial charge in [0.05, 0.1) is 0 Å². The summed E-state index contributed by atoms with van der Waals surface area (Å²) in [7, 11) is 0. The Balaban J connectivity index is 1.65. The fourth-order valence-electron chi connectivity index (χ4n) is 3.07. The van der Waals surface area contributed by atoms with Gasteiger partial charge in [-0.25, -0.2) is 4.39 Å². The Morgan fingerprint density at radius 1 is 1.29 bits per heavy atom. The molecular weight excluding hydrogens is 269 g/mol. The predicted molar refractivity (Wildman–Crippen MR) is 82.0 cm³/mol. The molecular formula is C17H26FNO2. The molecule has 118 valence electrons. The number of benzene rings is 1. The van der Waals surface area contributed by atoms with E-state index >= 15 is 0 Å². The molecule has 0 aromatic heterocycles. The number of ether oxygens (including phenoxy) is 1. The number of nitrogens with one attached hydrogen (secondary N) is 1. The Morgan fingerprint density at radius 2 is 1.95 bits per heavy atom. The summed E-state index contributed by atoms with van der Waals surface area (Å²) in [5.41, 5.74) is 0.428. The zero-order valence-electron chi connectivity index (χ0n) is 12.8. The molecule has 1 atom stereocenters. The topological polar surface area (TPSA) is 41.5 Å². The van der Waals surface area contributed by atoms with Crippen LogP contribution in [0.3, 0.4) is 0 Å². The van der Waals surface area contributed by atoms with Crippen LogP contribution >= 0.6 is 0 Å². The van der Waals surface area contributed by atoms with Gasteiger partial charge in [0.15, 0.2) is 0 Å². The average Bonchev–Trinajstić information content (AvgIpc) is 2.96. The van der Waals surface area contributed by atoms with Gasteiger partial charge in [-0.3, -0.25) is 0 Å². The standard InChI is InChI=1S/C17H26FNO2/c1-2-17(9-3-4-10-17)13-19-11-15(20)12-21-16-7-5-14(18)6-8-16/h5-8,15,19-20H,2-4,9-13H2,1H3. The van der Waals surface area contributed by atoms with Crippen LogP contribution in [-0.4, -0.2) is 30.9 Å². The van der Waals surface area contributed by atoms with Gasteiger partial charge in [-0.15, -0.1) is 0 Å². The number of halogens is 1. The van der Waals surface area contributed by atoms with Gasteiger partial charge in [0, 0.05) is 13.1 Å². The summed E-state index contributed by atoms with van der Waals surface area (Å²) in [6.07, 6.45) is 5.88. The van der Waals surface area contributed by atoms with E-state index in [0.29, 0.717) is 17.7 Å². The molecule has 21 heavy (non-hydrogen) atoms. The molecule has 2 N–H and O–H groups in total. The van der Waals surface area contributed by atoms with Gasteiger partial charge >= 0.3 is 0 Å². The summed E-state index contributed by atoms with van der Waals surface area (Å²) in [6.45, 7) is 3.97. The summed E-state index contributed by atoms with van der Waals surface area (Å²) < 4.78 is 18.2. The fraction of sp³-hybridized carbons (Fsp3) is 0.647. The number of hydrogen-bond acceptors (Lipinski definition) is 3. The maximum atomic E-state index is 12.8. The van der Waals surface area contributed by atoms with Gasteiger partial charge < -0.3 is 15.2 Å². The average molecular weight is 295 g/mol. The van der Waals surface area contributed by atoms with Crippen molar-refractivity contribution in [3.05, 3.63) is 30.1 Å². The van der Waals surface area contributed by atoms with E-state index in [0.717, 1.165) is 6.54 Å². The summed E-state index contributed by atoms with van der Waals surface area (Å²) in [5.74, 6) is 0.294. The molecule has 1 aliphatic rings. The lowest BCUT2D eigenvalue weighted by molar-refractivity contribution is 0.102. The third kappa shape index (κ3) is 4.97. The minimum absolute atomic E-state index is 0.220. The number of hydrogen-bond donors (Lipinski definition) is 2. The largest absolute Gasteiger partial charge is 0.491 e. The third-order valence-corrected chi connectivity index (χ3v) is 4.55. The lowest BCUT2D eigenvalue weighted by Gasteiger charge is -2.28. The maximum Gasteiger partial charge on any atom is 0.123 e. The Bertz CT molecular complexity index is 415. The molecule has 3 nitrogen and oxygen atoms in total. The molecule has 0 bridgehead atoms. The molecule has 0 heterocycles. The van der Waals surface area contributed by atoms with Crippen molar-refractivity contribution in [2.24, 2.45) is 5.41 Å². The molecule has 0 spiro atoms. The van der Waals surface area contributed by atoms with E-state index in [4.69, 9.17) is 4.74 Å². The van der Waals surface area contributed by atoms with Crippen LogP contribution in [0, 0.1) is 11.2 Å². The first kappa shape index (κ1) is 16.2. The Morgan fingerprint density at radius 3 is 2.57 bits per heavy atom. The van der Waals surface area contributed by atoms with Gasteiger partial charge in [0.25, 0.3) is 0 Å². The van der Waals surface area contributed by atoms with Crippen LogP contribution in [0.4, 0.5) is 4.39 Å². The van der Waals surface area contributed by atoms with Gasteiger partial charge in [-0.2, -0.15) is 0 Å². The summed E-state index contributed by atoms with van der Waals surface area (Å²) in [6, 6.07) is 5.84. The fourth-order valence-corrected chi connectivity index (χ4v) is 3.07. The maximum absolute atomic E-state index is 12.8. The van der Waals surface area contributed by atoms with E-state index < -0.39 is 6.10 Å². The highest BCUT2D eigenvalue weighted by molar-refractivity contribution is 5.22. The molecule has 1 aromatic rings. The van der Waals surface area contributed by atoms with Crippen LogP contribution in [0.15, 0.2) is 24.3 Å². The second-order valence-corrected chi connectivity index (χ2v) is 6.11. The zero-order chi connectivity index (χ0) is 15.1. The summed E-state index contributed by atoms with van der Waals surface area (Å²) >= 11 is 0. The van der Waals surface area contributed by atoms with Gasteiger partial charge in [0.1, 0.15) is 24.3 Å². The van der Waals surface area contributed by atoms with Crippen molar-refractivity contribution in [2.45, 2.75) is 45.1 Å². The third-order valence-electron chi connectivity index (χ3n) is 4.55. The minimum atomic E-state index is -0.551. The zero-order valence-corrected chi connectivity index (χ0v) is 12.8. The Hall–Kier alpha value is -1.13. The second kappa shape index (κ2) is 7.76. The normalized spacial score (nSPS) is 18.6. The smallest absolute Gasteiger partial charge is 0.123 e. The quantitative estimate of drug-likeness (QED) is 0.774. The lowest BCUT2D eigenvalue weighted by Crippen LogP contribution is -2.38. The van der Waals surface area contributed by atoms with Crippen LogP contribution in [-0.2, 0) is 0 Å². The molecule has 1 aromatic carbocycles. The molecule has 0 aliphatic heterocycles. The SMILES string of the molecule is CCC1(CNCC(O)COc2ccc(F)cc2)CCCC1. The first-order chi connectivity index (χ1) is 10.1. The molecule has 0 saturated heterocycles. The molecule has 0 amide bonds. The Kier molecular flexibility index (Phi) is 6.00. The van der Waals surface area contributed by atoms with E-state index in [9.17, 15) is 9.50 Å². The predicted octanol–water partition coefficient (Wildman–Crippen LogP) is 3.13. The van der Waals surface area contributed by atoms with Crippen molar-refractivity contribution < 1.29 is 14.2 Å². The summed E-state index contributed by atoms with van der Waals surface area (Å²) in [5, 5.41) is 13.3. The van der Waals surface area contributed by atoms with E-state index in [1.807, 2.05) is 0 Å². The van der Waals surface area contributed by atoms with E-state index in [-0.39, 0.29) is 12.4 Å². The van der Waals surface area contributed by atoms with Crippen LogP contribution in [0.25, 0.3) is 0 Å². The highest BCUT2D eigenvalue weighted by atomic mass is 19.1. The number of rotatable bonds is 8. The molecule has 1 aliphatic carbocycles. The highest BCUT2D eigenvalue weighted by Crippen LogP contribution is 2.40. The van der Waals surface area contributed by atoms with Crippen molar-refractivity contribution in [1.82, 2.24) is 5.32 Å². The van der Waals surface area contributed by atoms with Crippen LogP contribution in [0.1, 0.15) is 39.0 Å². The van der Waals surface area contributed by atoms with E-state index in [2.05, 4.69) is 12.2 Å². The minimum Gasteiger partial charge on any atom is -0.491 e. The van der Waals surface area contributed by atoms with Crippen molar-refractivity contribution in [3.8, 4) is 5.75 Å². The van der Waals surface area contributed by atoms with Crippen LogP contribution in [0.2, 0.25) is 0 Å². The first-order valence-corrected chi connectivity index (χ1v) is 7.91. The van der Waals surface area contributed by atoms with E-state index in [1.54, 1.807) is 12.1 Å².